The predicted molar refractivity (Wildman–Crippen MR) is 120 cm³/mol. The van der Waals surface area contributed by atoms with Crippen LogP contribution in [0.3, 0.4) is 0 Å². The van der Waals surface area contributed by atoms with Crippen LogP contribution >= 0.6 is 0 Å². The SMILES string of the molecule is Cc1ccc(N=c2c3c4c(ccc3cc3n2CCc2cc5c(cc2-3)OCO5)OCO4)cc1. The van der Waals surface area contributed by atoms with Crippen LogP contribution < -0.4 is 24.4 Å². The Balaban J connectivity index is 1.57. The summed E-state index contributed by atoms with van der Waals surface area (Å²) in [5.41, 5.74) is 6.52. The van der Waals surface area contributed by atoms with Crippen molar-refractivity contribution in [2.24, 2.45) is 4.99 Å². The Morgan fingerprint density at radius 3 is 2.47 bits per heavy atom. The van der Waals surface area contributed by atoms with Gasteiger partial charge in [0.25, 0.3) is 0 Å². The molecule has 0 bridgehead atoms. The maximum Gasteiger partial charge on any atom is 0.231 e. The first-order valence-corrected chi connectivity index (χ1v) is 10.7. The number of rotatable bonds is 1. The number of pyridine rings is 1. The van der Waals surface area contributed by atoms with E-state index in [1.165, 1.54) is 11.1 Å². The first kappa shape index (κ1) is 17.7. The molecular formula is C26H20N2O4. The fourth-order valence-electron chi connectivity index (χ4n) is 4.78. The molecule has 0 aliphatic carbocycles. The van der Waals surface area contributed by atoms with Gasteiger partial charge in [0.05, 0.1) is 16.8 Å². The zero-order chi connectivity index (χ0) is 21.2. The zero-order valence-corrected chi connectivity index (χ0v) is 17.6. The van der Waals surface area contributed by atoms with Gasteiger partial charge in [0, 0.05) is 12.1 Å². The molecule has 3 aromatic carbocycles. The first-order valence-electron chi connectivity index (χ1n) is 10.7. The largest absolute Gasteiger partial charge is 0.454 e. The number of aromatic nitrogens is 1. The summed E-state index contributed by atoms with van der Waals surface area (Å²) in [5.74, 6) is 3.14. The molecule has 0 radical (unpaired) electrons. The minimum Gasteiger partial charge on any atom is -0.454 e. The van der Waals surface area contributed by atoms with Crippen LogP contribution in [0.15, 0.2) is 59.6 Å². The third kappa shape index (κ3) is 2.56. The maximum atomic E-state index is 5.90. The average Bonchev–Trinajstić information content (AvgIpc) is 3.47. The van der Waals surface area contributed by atoms with E-state index in [2.05, 4.69) is 60.0 Å². The lowest BCUT2D eigenvalue weighted by molar-refractivity contribution is 0.174. The predicted octanol–water partition coefficient (Wildman–Crippen LogP) is 4.86. The molecule has 158 valence electrons. The molecule has 6 heteroatoms. The van der Waals surface area contributed by atoms with E-state index in [1.54, 1.807) is 0 Å². The van der Waals surface area contributed by atoms with E-state index in [0.29, 0.717) is 0 Å². The second-order valence-electron chi connectivity index (χ2n) is 8.33. The molecule has 0 saturated carbocycles. The molecule has 4 aromatic rings. The summed E-state index contributed by atoms with van der Waals surface area (Å²) in [6.45, 7) is 3.39. The molecule has 0 unspecified atom stereocenters. The molecule has 3 aliphatic rings. The van der Waals surface area contributed by atoms with Gasteiger partial charge in [-0.3, -0.25) is 0 Å². The molecule has 0 atom stereocenters. The van der Waals surface area contributed by atoms with Gasteiger partial charge in [-0.05, 0) is 60.7 Å². The molecule has 1 aromatic heterocycles. The number of hydrogen-bond acceptors (Lipinski definition) is 5. The highest BCUT2D eigenvalue weighted by Crippen LogP contribution is 2.43. The molecule has 0 amide bonds. The summed E-state index contributed by atoms with van der Waals surface area (Å²) in [4.78, 5) is 5.12. The van der Waals surface area contributed by atoms with Gasteiger partial charge in [-0.25, -0.2) is 4.99 Å². The van der Waals surface area contributed by atoms with Crippen molar-refractivity contribution in [3.8, 4) is 34.3 Å². The summed E-state index contributed by atoms with van der Waals surface area (Å²) in [6, 6.07) is 18.7. The minimum absolute atomic E-state index is 0.229. The van der Waals surface area contributed by atoms with E-state index in [9.17, 15) is 0 Å². The fourth-order valence-corrected chi connectivity index (χ4v) is 4.78. The van der Waals surface area contributed by atoms with Crippen molar-refractivity contribution >= 4 is 16.5 Å². The van der Waals surface area contributed by atoms with Crippen LogP contribution in [0.5, 0.6) is 23.0 Å². The van der Waals surface area contributed by atoms with Crippen LogP contribution in [0.1, 0.15) is 11.1 Å². The summed E-state index contributed by atoms with van der Waals surface area (Å²) < 4.78 is 25.1. The van der Waals surface area contributed by atoms with E-state index < -0.39 is 0 Å². The van der Waals surface area contributed by atoms with Gasteiger partial charge in [-0.15, -0.1) is 0 Å². The normalized spacial score (nSPS) is 15.7. The number of benzene rings is 3. The monoisotopic (exact) mass is 424 g/mol. The molecule has 0 saturated heterocycles. The lowest BCUT2D eigenvalue weighted by atomic mass is 9.95. The quantitative estimate of drug-likeness (QED) is 0.438. The van der Waals surface area contributed by atoms with Gasteiger partial charge < -0.3 is 23.5 Å². The van der Waals surface area contributed by atoms with Crippen LogP contribution in [-0.4, -0.2) is 18.2 Å². The topological polar surface area (TPSA) is 54.2 Å². The summed E-state index contributed by atoms with van der Waals surface area (Å²) in [7, 11) is 0. The van der Waals surface area contributed by atoms with Crippen molar-refractivity contribution in [2.75, 3.05) is 13.6 Å². The number of nitrogens with zero attached hydrogens (tertiary/aromatic N) is 2. The Hall–Kier alpha value is -3.93. The molecule has 32 heavy (non-hydrogen) atoms. The van der Waals surface area contributed by atoms with Crippen molar-refractivity contribution in [1.82, 2.24) is 4.57 Å². The zero-order valence-electron chi connectivity index (χ0n) is 17.6. The van der Waals surface area contributed by atoms with Crippen molar-refractivity contribution in [2.45, 2.75) is 19.9 Å². The van der Waals surface area contributed by atoms with Gasteiger partial charge in [-0.1, -0.05) is 23.8 Å². The summed E-state index contributed by atoms with van der Waals surface area (Å²) >= 11 is 0. The van der Waals surface area contributed by atoms with Gasteiger partial charge in [0.15, 0.2) is 23.0 Å². The Morgan fingerprint density at radius 1 is 0.812 bits per heavy atom. The van der Waals surface area contributed by atoms with Gasteiger partial charge >= 0.3 is 0 Å². The molecular weight excluding hydrogens is 404 g/mol. The van der Waals surface area contributed by atoms with E-state index in [1.807, 2.05) is 6.07 Å². The molecule has 7 rings (SSSR count). The standard InChI is InChI=1S/C26H20N2O4/c1-15-2-5-18(6-3-15)27-26-24-17(4-7-21-25(24)32-14-29-21)10-20-19-12-23-22(30-13-31-23)11-16(19)8-9-28(20)26/h2-7,10-12H,8-9,13-14H2,1H3. The van der Waals surface area contributed by atoms with Crippen LogP contribution in [0.2, 0.25) is 0 Å². The number of aryl methyl sites for hydroxylation is 2. The Labute approximate surface area is 184 Å². The second-order valence-corrected chi connectivity index (χ2v) is 8.33. The second kappa shape index (κ2) is 6.53. The number of fused-ring (bicyclic) bond motifs is 7. The lowest BCUT2D eigenvalue weighted by Gasteiger charge is -2.24. The van der Waals surface area contributed by atoms with E-state index >= 15 is 0 Å². The van der Waals surface area contributed by atoms with E-state index in [4.69, 9.17) is 23.9 Å². The molecule has 3 aliphatic heterocycles. The summed E-state index contributed by atoms with van der Waals surface area (Å²) in [6.07, 6.45) is 0.887. The molecule has 0 N–H and O–H groups in total. The van der Waals surface area contributed by atoms with E-state index in [-0.39, 0.29) is 13.6 Å². The highest BCUT2D eigenvalue weighted by molar-refractivity contribution is 5.93. The average molecular weight is 424 g/mol. The highest BCUT2D eigenvalue weighted by Gasteiger charge is 2.26. The Bertz CT molecular complexity index is 1490. The Kier molecular flexibility index (Phi) is 3.62. The number of hydrogen-bond donors (Lipinski definition) is 0. The fraction of sp³-hybridized carbons (Fsp3) is 0.192. The van der Waals surface area contributed by atoms with Crippen LogP contribution in [0, 0.1) is 6.92 Å². The van der Waals surface area contributed by atoms with Crippen molar-refractivity contribution in [1.29, 1.82) is 0 Å². The smallest absolute Gasteiger partial charge is 0.231 e. The van der Waals surface area contributed by atoms with Crippen LogP contribution in [0.4, 0.5) is 5.69 Å². The van der Waals surface area contributed by atoms with Crippen molar-refractivity contribution in [3.05, 3.63) is 71.2 Å². The molecule has 0 spiro atoms. The van der Waals surface area contributed by atoms with Gasteiger partial charge in [0.1, 0.15) is 5.49 Å². The van der Waals surface area contributed by atoms with Gasteiger partial charge in [0.2, 0.25) is 13.6 Å². The van der Waals surface area contributed by atoms with Crippen molar-refractivity contribution < 1.29 is 18.9 Å². The Morgan fingerprint density at radius 2 is 1.59 bits per heavy atom. The molecule has 0 fully saturated rings. The minimum atomic E-state index is 0.229. The van der Waals surface area contributed by atoms with Crippen LogP contribution in [0.25, 0.3) is 22.0 Å². The lowest BCUT2D eigenvalue weighted by Crippen LogP contribution is -2.27. The third-order valence-corrected chi connectivity index (χ3v) is 6.38. The molecule has 4 heterocycles. The maximum absolute atomic E-state index is 5.90. The third-order valence-electron chi connectivity index (χ3n) is 6.38. The number of ether oxygens (including phenoxy) is 4. The van der Waals surface area contributed by atoms with Crippen LogP contribution in [-0.2, 0) is 13.0 Å². The van der Waals surface area contributed by atoms with E-state index in [0.717, 1.165) is 69.2 Å². The first-order chi connectivity index (χ1) is 15.7. The summed E-state index contributed by atoms with van der Waals surface area (Å²) in [5, 5.41) is 2.05. The van der Waals surface area contributed by atoms with Gasteiger partial charge in [-0.2, -0.15) is 0 Å². The molecule has 6 nitrogen and oxygen atoms in total. The highest BCUT2D eigenvalue weighted by atomic mass is 16.7. The van der Waals surface area contributed by atoms with Crippen molar-refractivity contribution in [3.63, 3.8) is 0 Å².